The zero-order valence-electron chi connectivity index (χ0n) is 14.6. The quantitative estimate of drug-likeness (QED) is 0.762. The number of carbonyl (C=O) groups is 1. The van der Waals surface area contributed by atoms with Crippen LogP contribution in [0.4, 0.5) is 0 Å². The minimum Gasteiger partial charge on any atom is -0.497 e. The van der Waals surface area contributed by atoms with Gasteiger partial charge in [0.15, 0.2) is 5.76 Å². The van der Waals surface area contributed by atoms with Crippen LogP contribution < -0.4 is 14.2 Å². The molecule has 2 aliphatic heterocycles. The largest absolute Gasteiger partial charge is 0.497 e. The van der Waals surface area contributed by atoms with Crippen LogP contribution in [0, 0.1) is 0 Å². The van der Waals surface area contributed by atoms with Gasteiger partial charge in [0.25, 0.3) is 0 Å². The van der Waals surface area contributed by atoms with E-state index in [1.165, 1.54) is 0 Å². The van der Waals surface area contributed by atoms with E-state index in [9.17, 15) is 4.79 Å². The molecule has 0 atom stereocenters. The lowest BCUT2D eigenvalue weighted by molar-refractivity contribution is 0.0838. The SMILES string of the molecule is COc1ccc(/C=C2\Oc3c(ccc4c3CCC(C)(C)O4)C2=O)cc1. The van der Waals surface area contributed by atoms with E-state index in [0.29, 0.717) is 17.1 Å². The molecule has 0 saturated heterocycles. The van der Waals surface area contributed by atoms with Crippen LogP contribution in [0.15, 0.2) is 42.2 Å². The predicted molar refractivity (Wildman–Crippen MR) is 95.4 cm³/mol. The van der Waals surface area contributed by atoms with Gasteiger partial charge < -0.3 is 14.2 Å². The third-order valence-corrected chi connectivity index (χ3v) is 4.67. The second-order valence-electron chi connectivity index (χ2n) is 6.99. The molecule has 0 N–H and O–H groups in total. The first kappa shape index (κ1) is 15.8. The van der Waals surface area contributed by atoms with Gasteiger partial charge in [0.05, 0.1) is 12.7 Å². The van der Waals surface area contributed by atoms with Crippen molar-refractivity contribution in [3.63, 3.8) is 0 Å². The summed E-state index contributed by atoms with van der Waals surface area (Å²) in [5.74, 6) is 2.50. The van der Waals surface area contributed by atoms with Crippen LogP contribution in [0.1, 0.15) is 41.8 Å². The molecule has 0 aromatic heterocycles. The van der Waals surface area contributed by atoms with E-state index in [-0.39, 0.29) is 11.4 Å². The van der Waals surface area contributed by atoms with Crippen molar-refractivity contribution in [3.8, 4) is 17.2 Å². The van der Waals surface area contributed by atoms with Crippen molar-refractivity contribution in [1.29, 1.82) is 0 Å². The lowest BCUT2D eigenvalue weighted by atomic mass is 9.92. The number of allylic oxidation sites excluding steroid dienone is 1. The van der Waals surface area contributed by atoms with E-state index in [0.717, 1.165) is 35.5 Å². The van der Waals surface area contributed by atoms with Crippen molar-refractivity contribution in [3.05, 3.63) is 58.8 Å². The molecule has 0 saturated carbocycles. The molecular weight excluding hydrogens is 316 g/mol. The molecule has 2 heterocycles. The van der Waals surface area contributed by atoms with Crippen LogP contribution >= 0.6 is 0 Å². The topological polar surface area (TPSA) is 44.8 Å². The number of ether oxygens (including phenoxy) is 3. The average molecular weight is 336 g/mol. The van der Waals surface area contributed by atoms with Gasteiger partial charge >= 0.3 is 0 Å². The fourth-order valence-corrected chi connectivity index (χ4v) is 3.25. The number of methoxy groups -OCH3 is 1. The average Bonchev–Trinajstić information content (AvgIpc) is 2.90. The summed E-state index contributed by atoms with van der Waals surface area (Å²) in [6.07, 6.45) is 3.50. The highest BCUT2D eigenvalue weighted by atomic mass is 16.5. The number of ketones is 1. The van der Waals surface area contributed by atoms with E-state index in [1.807, 2.05) is 30.3 Å². The molecule has 0 aliphatic carbocycles. The number of hydrogen-bond donors (Lipinski definition) is 0. The molecule has 2 aromatic rings. The molecule has 0 fully saturated rings. The van der Waals surface area contributed by atoms with E-state index in [2.05, 4.69) is 13.8 Å². The summed E-state index contributed by atoms with van der Waals surface area (Å²) >= 11 is 0. The van der Waals surface area contributed by atoms with E-state index < -0.39 is 0 Å². The fourth-order valence-electron chi connectivity index (χ4n) is 3.25. The summed E-state index contributed by atoms with van der Waals surface area (Å²) in [5, 5.41) is 0. The Morgan fingerprint density at radius 2 is 1.88 bits per heavy atom. The Kier molecular flexibility index (Phi) is 3.57. The summed E-state index contributed by atoms with van der Waals surface area (Å²) in [7, 11) is 1.63. The lowest BCUT2D eigenvalue weighted by Gasteiger charge is -2.33. The minimum absolute atomic E-state index is 0.0848. The molecule has 4 heteroatoms. The summed E-state index contributed by atoms with van der Waals surface area (Å²) in [6.45, 7) is 4.15. The van der Waals surface area contributed by atoms with Gasteiger partial charge in [-0.3, -0.25) is 4.79 Å². The molecule has 0 spiro atoms. The Bertz CT molecular complexity index is 876. The predicted octanol–water partition coefficient (Wildman–Crippen LogP) is 4.42. The first-order valence-corrected chi connectivity index (χ1v) is 8.40. The van der Waals surface area contributed by atoms with Crippen LogP contribution in [0.25, 0.3) is 6.08 Å². The highest BCUT2D eigenvalue weighted by molar-refractivity contribution is 6.15. The van der Waals surface area contributed by atoms with E-state index in [4.69, 9.17) is 14.2 Å². The van der Waals surface area contributed by atoms with E-state index in [1.54, 1.807) is 19.3 Å². The second-order valence-corrected chi connectivity index (χ2v) is 6.99. The maximum atomic E-state index is 12.7. The van der Waals surface area contributed by atoms with Gasteiger partial charge in [0, 0.05) is 5.56 Å². The summed E-state index contributed by atoms with van der Waals surface area (Å²) in [4.78, 5) is 12.7. The van der Waals surface area contributed by atoms with Crippen LogP contribution in [0.3, 0.4) is 0 Å². The van der Waals surface area contributed by atoms with Gasteiger partial charge in [-0.25, -0.2) is 0 Å². The molecule has 4 nitrogen and oxygen atoms in total. The van der Waals surface area contributed by atoms with Gasteiger partial charge in [-0.05, 0) is 62.6 Å². The van der Waals surface area contributed by atoms with Gasteiger partial charge in [-0.15, -0.1) is 0 Å². The van der Waals surface area contributed by atoms with Crippen molar-refractivity contribution in [2.24, 2.45) is 0 Å². The molecule has 0 bridgehead atoms. The maximum absolute atomic E-state index is 12.7. The normalized spacial score (nSPS) is 19.0. The summed E-state index contributed by atoms with van der Waals surface area (Å²) in [6, 6.07) is 11.2. The third-order valence-electron chi connectivity index (χ3n) is 4.67. The monoisotopic (exact) mass is 336 g/mol. The van der Waals surface area contributed by atoms with Crippen molar-refractivity contribution >= 4 is 11.9 Å². The number of benzene rings is 2. The Balaban J connectivity index is 1.68. The zero-order chi connectivity index (χ0) is 17.6. The van der Waals surface area contributed by atoms with Crippen LogP contribution in [-0.2, 0) is 6.42 Å². The molecule has 0 unspecified atom stereocenters. The number of Topliss-reactive ketones (excluding diaryl/α,β-unsaturated/α-hetero) is 1. The molecule has 2 aromatic carbocycles. The Hall–Kier alpha value is -2.75. The third kappa shape index (κ3) is 2.78. The molecule has 0 amide bonds. The zero-order valence-corrected chi connectivity index (χ0v) is 14.6. The van der Waals surface area contributed by atoms with E-state index >= 15 is 0 Å². The van der Waals surface area contributed by atoms with Crippen LogP contribution in [0.5, 0.6) is 17.2 Å². The van der Waals surface area contributed by atoms with Crippen molar-refractivity contribution in [2.75, 3.05) is 7.11 Å². The first-order chi connectivity index (χ1) is 12.0. The van der Waals surface area contributed by atoms with Gasteiger partial charge in [-0.2, -0.15) is 0 Å². The minimum atomic E-state index is -0.189. The van der Waals surface area contributed by atoms with Crippen molar-refractivity contribution in [2.45, 2.75) is 32.3 Å². The summed E-state index contributed by atoms with van der Waals surface area (Å²) in [5.41, 5.74) is 2.30. The van der Waals surface area contributed by atoms with Crippen LogP contribution in [0.2, 0.25) is 0 Å². The van der Waals surface area contributed by atoms with Gasteiger partial charge in [-0.1, -0.05) is 12.1 Å². The molecule has 0 radical (unpaired) electrons. The molecule has 4 rings (SSSR count). The Morgan fingerprint density at radius 3 is 2.60 bits per heavy atom. The highest BCUT2D eigenvalue weighted by Crippen LogP contribution is 2.44. The first-order valence-electron chi connectivity index (χ1n) is 8.40. The lowest BCUT2D eigenvalue weighted by Crippen LogP contribution is -2.32. The standard InChI is InChI=1S/C21H20O4/c1-21(2)11-10-15-17(25-21)9-8-16-19(22)18(24-20(15)16)12-13-4-6-14(23-3)7-5-13/h4-9,12H,10-11H2,1-3H3/b18-12-. The van der Waals surface area contributed by atoms with Crippen molar-refractivity contribution < 1.29 is 19.0 Å². The smallest absolute Gasteiger partial charge is 0.231 e. The number of fused-ring (bicyclic) bond motifs is 3. The Morgan fingerprint density at radius 1 is 1.12 bits per heavy atom. The number of carbonyl (C=O) groups excluding carboxylic acids is 1. The molecule has 2 aliphatic rings. The highest BCUT2D eigenvalue weighted by Gasteiger charge is 2.35. The second kappa shape index (κ2) is 5.66. The molecular formula is C21H20O4. The van der Waals surface area contributed by atoms with Gasteiger partial charge in [0.1, 0.15) is 22.8 Å². The summed E-state index contributed by atoms with van der Waals surface area (Å²) < 4.78 is 17.1. The fraction of sp³-hybridized carbons (Fsp3) is 0.286. The number of rotatable bonds is 2. The molecule has 25 heavy (non-hydrogen) atoms. The van der Waals surface area contributed by atoms with Gasteiger partial charge in [0.2, 0.25) is 5.78 Å². The maximum Gasteiger partial charge on any atom is 0.231 e. The number of hydrogen-bond acceptors (Lipinski definition) is 4. The van der Waals surface area contributed by atoms with Crippen LogP contribution in [-0.4, -0.2) is 18.5 Å². The van der Waals surface area contributed by atoms with Crippen molar-refractivity contribution in [1.82, 2.24) is 0 Å². The Labute approximate surface area is 147 Å². The molecule has 128 valence electrons.